The van der Waals surface area contributed by atoms with Gasteiger partial charge in [-0.25, -0.2) is 0 Å². The Balaban J connectivity index is 2.52. The third-order valence-corrected chi connectivity index (χ3v) is 9.43. The second-order valence-corrected chi connectivity index (χ2v) is 10.9. The second kappa shape index (κ2) is 9.33. The molecule has 1 saturated carbocycles. The average molecular weight is 349 g/mol. The zero-order chi connectivity index (χ0) is 16.8. The summed E-state index contributed by atoms with van der Waals surface area (Å²) in [5, 5.41) is 3.74. The summed E-state index contributed by atoms with van der Waals surface area (Å²) >= 11 is 5.89. The fraction of sp³-hybridized carbons (Fsp3) is 0.933. The minimum absolute atomic E-state index is 0.0655. The van der Waals surface area contributed by atoms with Gasteiger partial charge in [-0.15, -0.1) is 0 Å². The van der Waals surface area contributed by atoms with Crippen molar-refractivity contribution in [1.29, 1.82) is 0 Å². The summed E-state index contributed by atoms with van der Waals surface area (Å²) in [7, 11) is 8.20. The molecule has 130 valence electrons. The van der Waals surface area contributed by atoms with E-state index in [1.807, 2.05) is 6.92 Å². The molecule has 0 aromatic carbocycles. The Hall–Kier alpha value is -0.0000000000000000694. The smallest absolute Gasteiger partial charge is 0.305 e. The number of hydrogen-bond acceptors (Lipinski definition) is 3. The van der Waals surface area contributed by atoms with Gasteiger partial charge in [-0.3, -0.25) is 19.2 Å². The van der Waals surface area contributed by atoms with Gasteiger partial charge in [-0.05, 0) is 72.1 Å². The average Bonchev–Trinajstić information content (AvgIpc) is 2.45. The molecule has 0 amide bonds. The summed E-state index contributed by atoms with van der Waals surface area (Å²) < 4.78 is 9.31. The van der Waals surface area contributed by atoms with Gasteiger partial charge in [0.15, 0.2) is 0 Å². The zero-order valence-corrected chi connectivity index (χ0v) is 16.4. The molecule has 1 aliphatic rings. The van der Waals surface area contributed by atoms with Crippen molar-refractivity contribution in [3.8, 4) is 0 Å². The lowest BCUT2D eigenvalue weighted by Crippen LogP contribution is -2.39. The first-order valence-corrected chi connectivity index (χ1v) is 10.9. The third kappa shape index (κ3) is 5.89. The van der Waals surface area contributed by atoms with Crippen molar-refractivity contribution in [3.63, 3.8) is 0 Å². The normalized spacial score (nSPS) is 23.0. The molecule has 7 heteroatoms. The maximum absolute atomic E-state index is 11.5. The highest BCUT2D eigenvalue weighted by molar-refractivity contribution is 8.11. The highest BCUT2D eigenvalue weighted by Crippen LogP contribution is 2.47. The first kappa shape index (κ1) is 20.0. The first-order valence-electron chi connectivity index (χ1n) is 8.18. The SMILES string of the molecule is CCOC(=O)CC[C@@H]1CCC[C@H](NP(=S)(N(C)C)N(C)C)C1. The Bertz CT molecular complexity index is 392. The lowest BCUT2D eigenvalue weighted by Gasteiger charge is -2.40. The fourth-order valence-electron chi connectivity index (χ4n) is 3.05. The number of rotatable bonds is 8. The Morgan fingerprint density at radius 1 is 1.27 bits per heavy atom. The van der Waals surface area contributed by atoms with Crippen LogP contribution >= 0.6 is 6.49 Å². The van der Waals surface area contributed by atoms with Crippen LogP contribution in [0.4, 0.5) is 0 Å². The lowest BCUT2D eigenvalue weighted by atomic mass is 9.83. The lowest BCUT2D eigenvalue weighted by molar-refractivity contribution is -0.143. The highest BCUT2D eigenvalue weighted by atomic mass is 32.4. The van der Waals surface area contributed by atoms with Crippen molar-refractivity contribution in [1.82, 2.24) is 14.4 Å². The summed E-state index contributed by atoms with van der Waals surface area (Å²) in [6.07, 6.45) is 6.19. The molecular weight excluding hydrogens is 317 g/mol. The summed E-state index contributed by atoms with van der Waals surface area (Å²) in [6.45, 7) is 0.481. The molecule has 0 radical (unpaired) electrons. The van der Waals surface area contributed by atoms with Crippen LogP contribution in [0.25, 0.3) is 0 Å². The van der Waals surface area contributed by atoms with Crippen molar-refractivity contribution in [2.24, 2.45) is 5.92 Å². The van der Waals surface area contributed by atoms with Crippen LogP contribution in [-0.2, 0) is 21.3 Å². The number of carbonyl (C=O) groups is 1. The molecule has 5 nitrogen and oxygen atoms in total. The van der Waals surface area contributed by atoms with Gasteiger partial charge in [0.25, 0.3) is 0 Å². The predicted molar refractivity (Wildman–Crippen MR) is 96.4 cm³/mol. The third-order valence-electron chi connectivity index (χ3n) is 4.28. The number of carbonyl (C=O) groups excluding carboxylic acids is 1. The van der Waals surface area contributed by atoms with Gasteiger partial charge in [0.2, 0.25) is 0 Å². The molecule has 0 bridgehead atoms. The summed E-state index contributed by atoms with van der Waals surface area (Å²) in [6, 6.07) is 0.455. The molecule has 1 rings (SSSR count). The van der Waals surface area contributed by atoms with Crippen LogP contribution in [0.1, 0.15) is 45.4 Å². The number of nitrogens with one attached hydrogen (secondary N) is 1. The van der Waals surface area contributed by atoms with Crippen molar-refractivity contribution < 1.29 is 9.53 Å². The Morgan fingerprint density at radius 2 is 1.91 bits per heavy atom. The van der Waals surface area contributed by atoms with Gasteiger partial charge in [-0.2, -0.15) is 0 Å². The predicted octanol–water partition coefficient (Wildman–Crippen LogP) is 2.83. The van der Waals surface area contributed by atoms with Gasteiger partial charge in [0.05, 0.1) is 6.61 Å². The van der Waals surface area contributed by atoms with Crippen LogP contribution in [0.3, 0.4) is 0 Å². The molecule has 0 aromatic rings. The van der Waals surface area contributed by atoms with E-state index in [1.165, 1.54) is 19.3 Å². The second-order valence-electron chi connectivity index (χ2n) is 6.44. The summed E-state index contributed by atoms with van der Waals surface area (Å²) in [5.41, 5.74) is 0. The van der Waals surface area contributed by atoms with E-state index in [9.17, 15) is 4.79 Å². The van der Waals surface area contributed by atoms with Crippen molar-refractivity contribution >= 4 is 24.3 Å². The van der Waals surface area contributed by atoms with E-state index in [2.05, 4.69) is 42.6 Å². The topological polar surface area (TPSA) is 44.8 Å². The zero-order valence-electron chi connectivity index (χ0n) is 14.7. The molecule has 1 N–H and O–H groups in total. The molecule has 2 atom stereocenters. The largest absolute Gasteiger partial charge is 0.466 e. The van der Waals surface area contributed by atoms with Crippen LogP contribution in [0.2, 0.25) is 0 Å². The van der Waals surface area contributed by atoms with Crippen molar-refractivity contribution in [2.45, 2.75) is 51.5 Å². The standard InChI is InChI=1S/C15H32N3O2PS/c1-6-20-15(19)11-10-13-8-7-9-14(12-13)16-21(22,17(2)3)18(4)5/h13-14H,6-12H2,1-5H3,(H,16,22)/t13-,14-/m0/s1. The molecule has 0 unspecified atom stereocenters. The molecule has 0 spiro atoms. The maximum atomic E-state index is 11.5. The van der Waals surface area contributed by atoms with Crippen LogP contribution < -0.4 is 5.09 Å². The van der Waals surface area contributed by atoms with Crippen LogP contribution in [-0.4, -0.2) is 56.1 Å². The molecule has 0 aromatic heterocycles. The molecule has 0 heterocycles. The van der Waals surface area contributed by atoms with Gasteiger partial charge >= 0.3 is 5.97 Å². The van der Waals surface area contributed by atoms with E-state index < -0.39 is 6.49 Å². The minimum Gasteiger partial charge on any atom is -0.466 e. The van der Waals surface area contributed by atoms with Crippen LogP contribution in [0.15, 0.2) is 0 Å². The van der Waals surface area contributed by atoms with E-state index in [-0.39, 0.29) is 5.97 Å². The van der Waals surface area contributed by atoms with Gasteiger partial charge < -0.3 is 4.74 Å². The number of hydrogen-bond donors (Lipinski definition) is 1. The van der Waals surface area contributed by atoms with Gasteiger partial charge in [0.1, 0.15) is 6.49 Å². The minimum atomic E-state index is -1.85. The van der Waals surface area contributed by atoms with Gasteiger partial charge in [-0.1, -0.05) is 12.8 Å². The fourth-order valence-corrected chi connectivity index (χ4v) is 5.39. The molecule has 1 fully saturated rings. The molecule has 22 heavy (non-hydrogen) atoms. The first-order chi connectivity index (χ1) is 10.3. The number of ether oxygens (including phenoxy) is 1. The van der Waals surface area contributed by atoms with E-state index in [1.54, 1.807) is 0 Å². The van der Waals surface area contributed by atoms with Crippen LogP contribution in [0.5, 0.6) is 0 Å². The molecule has 0 aliphatic heterocycles. The Kier molecular flexibility index (Phi) is 8.50. The maximum Gasteiger partial charge on any atom is 0.305 e. The summed E-state index contributed by atoms with van der Waals surface area (Å²) in [4.78, 5) is 11.5. The molecular formula is C15H32N3O2PS. The summed E-state index contributed by atoms with van der Waals surface area (Å²) in [5.74, 6) is 0.535. The number of esters is 1. The van der Waals surface area contributed by atoms with Crippen molar-refractivity contribution in [3.05, 3.63) is 0 Å². The van der Waals surface area contributed by atoms with Gasteiger partial charge in [0, 0.05) is 12.5 Å². The number of nitrogens with zero attached hydrogens (tertiary/aromatic N) is 2. The Labute approximate surface area is 140 Å². The van der Waals surface area contributed by atoms with E-state index in [0.29, 0.717) is 25.0 Å². The molecule has 1 aliphatic carbocycles. The monoisotopic (exact) mass is 349 g/mol. The quantitative estimate of drug-likeness (QED) is 0.537. The van der Waals surface area contributed by atoms with Crippen molar-refractivity contribution in [2.75, 3.05) is 34.8 Å². The molecule has 0 saturated heterocycles. The van der Waals surface area contributed by atoms with Crippen LogP contribution in [0, 0.1) is 5.92 Å². The van der Waals surface area contributed by atoms with E-state index in [0.717, 1.165) is 12.8 Å². The highest BCUT2D eigenvalue weighted by Gasteiger charge is 2.29. The van der Waals surface area contributed by atoms with E-state index >= 15 is 0 Å². The van der Waals surface area contributed by atoms with E-state index in [4.69, 9.17) is 16.5 Å². The Morgan fingerprint density at radius 3 is 2.45 bits per heavy atom.